The van der Waals surface area contributed by atoms with Crippen molar-refractivity contribution in [2.45, 2.75) is 97.6 Å². The van der Waals surface area contributed by atoms with Crippen molar-refractivity contribution < 1.29 is 18.8 Å². The predicted molar refractivity (Wildman–Crippen MR) is 155 cm³/mol. The maximum atomic E-state index is 12.5. The number of unbranched alkanes of at least 4 members (excludes halogenated alkanes) is 6. The molecule has 2 aromatic carbocycles. The van der Waals surface area contributed by atoms with Crippen molar-refractivity contribution in [1.29, 1.82) is 0 Å². The van der Waals surface area contributed by atoms with E-state index < -0.39 is 0 Å². The summed E-state index contributed by atoms with van der Waals surface area (Å²) >= 11 is 0. The monoisotopic (exact) mass is 510 g/mol. The second-order valence-electron chi connectivity index (χ2n) is 11.4. The molecule has 37 heavy (non-hydrogen) atoms. The zero-order valence-corrected chi connectivity index (χ0v) is 24.2. The smallest absolute Gasteiger partial charge is 0.308 e. The highest BCUT2D eigenvalue weighted by atomic mass is 16.5. The van der Waals surface area contributed by atoms with Gasteiger partial charge in [0.1, 0.15) is 12.3 Å². The van der Waals surface area contributed by atoms with Crippen LogP contribution in [0.4, 0.5) is 0 Å². The third kappa shape index (κ3) is 13.7. The number of ether oxygens (including phenoxy) is 2. The summed E-state index contributed by atoms with van der Waals surface area (Å²) in [7, 11) is 4.43. The van der Waals surface area contributed by atoms with Gasteiger partial charge in [0.15, 0.2) is 0 Å². The first-order chi connectivity index (χ1) is 17.8. The molecule has 2 rings (SSSR count). The third-order valence-corrected chi connectivity index (χ3v) is 7.12. The minimum atomic E-state index is -0.110. The van der Waals surface area contributed by atoms with Crippen LogP contribution < -0.4 is 4.74 Å². The molecule has 0 radical (unpaired) electrons. The molecule has 0 aliphatic rings. The minimum Gasteiger partial charge on any atom is -0.491 e. The molecule has 0 saturated carbocycles. The number of hydrogen-bond acceptors (Lipinski definition) is 3. The maximum absolute atomic E-state index is 12.5. The summed E-state index contributed by atoms with van der Waals surface area (Å²) in [6.45, 7) is 8.55. The van der Waals surface area contributed by atoms with Crippen molar-refractivity contribution in [2.24, 2.45) is 5.92 Å². The molecule has 206 valence electrons. The molecule has 0 fully saturated rings. The summed E-state index contributed by atoms with van der Waals surface area (Å²) in [5, 5.41) is 0. The van der Waals surface area contributed by atoms with Gasteiger partial charge in [-0.3, -0.25) is 4.79 Å². The van der Waals surface area contributed by atoms with E-state index in [-0.39, 0.29) is 18.0 Å². The van der Waals surface area contributed by atoms with E-state index >= 15 is 0 Å². The molecule has 2 unspecified atom stereocenters. The van der Waals surface area contributed by atoms with Gasteiger partial charge < -0.3 is 14.0 Å². The van der Waals surface area contributed by atoms with E-state index in [9.17, 15) is 4.79 Å². The predicted octanol–water partition coefficient (Wildman–Crippen LogP) is 7.98. The maximum Gasteiger partial charge on any atom is 0.308 e. The first kappa shape index (κ1) is 30.9. The lowest BCUT2D eigenvalue weighted by Crippen LogP contribution is -2.40. The molecule has 0 N–H and O–H groups in total. The van der Waals surface area contributed by atoms with Gasteiger partial charge in [-0.25, -0.2) is 0 Å². The third-order valence-electron chi connectivity index (χ3n) is 7.12. The number of benzene rings is 2. The number of carbonyl (C=O) groups is 1. The van der Waals surface area contributed by atoms with Gasteiger partial charge in [-0.2, -0.15) is 0 Å². The van der Waals surface area contributed by atoms with E-state index in [2.05, 4.69) is 69.6 Å². The minimum absolute atomic E-state index is 0.00134. The van der Waals surface area contributed by atoms with Crippen molar-refractivity contribution in [3.05, 3.63) is 65.7 Å². The highest BCUT2D eigenvalue weighted by molar-refractivity contribution is 5.71. The van der Waals surface area contributed by atoms with E-state index in [0.717, 1.165) is 36.2 Å². The van der Waals surface area contributed by atoms with Crippen LogP contribution in [0.1, 0.15) is 89.7 Å². The average molecular weight is 511 g/mol. The Morgan fingerprint density at radius 2 is 1.46 bits per heavy atom. The van der Waals surface area contributed by atoms with Crippen LogP contribution in [0.15, 0.2) is 54.6 Å². The van der Waals surface area contributed by atoms with Crippen LogP contribution in [0, 0.1) is 5.92 Å². The van der Waals surface area contributed by atoms with Crippen LogP contribution in [0.2, 0.25) is 0 Å². The molecular formula is C33H52NO3+. The fourth-order valence-corrected chi connectivity index (χ4v) is 4.60. The van der Waals surface area contributed by atoms with Gasteiger partial charge in [-0.05, 0) is 37.5 Å². The average Bonchev–Trinajstić information content (AvgIpc) is 2.88. The lowest BCUT2D eigenvalue weighted by atomic mass is 10.0. The number of quaternary nitrogens is 1. The molecule has 0 aliphatic carbocycles. The molecule has 2 aromatic rings. The standard InChI is InChI=1S/C33H52NO3/c1-6-7-8-9-10-11-13-16-30-19-21-32(22-20-30)37-29(3)24-26-36-33(35)28(2)23-25-34(4,5)27-31-17-14-12-15-18-31/h12,14-15,17-22,28-29H,6-11,13,16,23-27H2,1-5H3/q+1. The summed E-state index contributed by atoms with van der Waals surface area (Å²) < 4.78 is 12.5. The molecular weight excluding hydrogens is 458 g/mol. The van der Waals surface area contributed by atoms with E-state index in [4.69, 9.17) is 9.47 Å². The Morgan fingerprint density at radius 1 is 0.811 bits per heavy atom. The molecule has 4 heteroatoms. The summed E-state index contributed by atoms with van der Waals surface area (Å²) in [6, 6.07) is 19.0. The van der Waals surface area contributed by atoms with Crippen LogP contribution in [0.25, 0.3) is 0 Å². The van der Waals surface area contributed by atoms with E-state index in [1.807, 2.05) is 19.9 Å². The normalized spacial score (nSPS) is 13.2. The number of hydrogen-bond donors (Lipinski definition) is 0. The zero-order valence-electron chi connectivity index (χ0n) is 24.2. The van der Waals surface area contributed by atoms with Crippen molar-refractivity contribution in [3.8, 4) is 5.75 Å². The Morgan fingerprint density at radius 3 is 2.14 bits per heavy atom. The van der Waals surface area contributed by atoms with Crippen LogP contribution in [-0.4, -0.2) is 43.8 Å². The lowest BCUT2D eigenvalue weighted by Gasteiger charge is -2.30. The zero-order chi connectivity index (χ0) is 26.9. The molecule has 0 bridgehead atoms. The topological polar surface area (TPSA) is 35.5 Å². The highest BCUT2D eigenvalue weighted by Crippen LogP contribution is 2.18. The first-order valence-corrected chi connectivity index (χ1v) is 14.6. The van der Waals surface area contributed by atoms with Crippen LogP contribution in [0.5, 0.6) is 5.75 Å². The van der Waals surface area contributed by atoms with Gasteiger partial charge in [0.2, 0.25) is 0 Å². The number of carbonyl (C=O) groups excluding carboxylic acids is 1. The van der Waals surface area contributed by atoms with Gasteiger partial charge >= 0.3 is 5.97 Å². The summed E-state index contributed by atoms with van der Waals surface area (Å²) in [6.07, 6.45) is 12.0. The quantitative estimate of drug-likeness (QED) is 0.109. The fourth-order valence-electron chi connectivity index (χ4n) is 4.60. The van der Waals surface area contributed by atoms with Crippen molar-refractivity contribution in [3.63, 3.8) is 0 Å². The highest BCUT2D eigenvalue weighted by Gasteiger charge is 2.22. The molecule has 2 atom stereocenters. The molecule has 0 amide bonds. The number of aryl methyl sites for hydroxylation is 1. The van der Waals surface area contributed by atoms with Crippen molar-refractivity contribution in [1.82, 2.24) is 0 Å². The number of nitrogens with zero attached hydrogens (tertiary/aromatic N) is 1. The molecule has 4 nitrogen and oxygen atoms in total. The summed E-state index contributed by atoms with van der Waals surface area (Å²) in [4.78, 5) is 12.5. The van der Waals surface area contributed by atoms with Gasteiger partial charge in [0, 0.05) is 18.4 Å². The van der Waals surface area contributed by atoms with Crippen LogP contribution in [-0.2, 0) is 22.5 Å². The SMILES string of the molecule is CCCCCCCCCc1ccc(OC(C)CCOC(=O)C(C)CC[N+](C)(C)Cc2ccccc2)cc1. The molecule has 0 heterocycles. The second kappa shape index (κ2) is 17.2. The van der Waals surface area contributed by atoms with Crippen LogP contribution >= 0.6 is 0 Å². The molecule has 0 saturated heterocycles. The lowest BCUT2D eigenvalue weighted by molar-refractivity contribution is -0.904. The summed E-state index contributed by atoms with van der Waals surface area (Å²) in [5.41, 5.74) is 2.70. The molecule has 0 aromatic heterocycles. The Hall–Kier alpha value is -2.33. The van der Waals surface area contributed by atoms with Gasteiger partial charge in [0.25, 0.3) is 0 Å². The molecule has 0 spiro atoms. The largest absolute Gasteiger partial charge is 0.491 e. The van der Waals surface area contributed by atoms with Crippen molar-refractivity contribution in [2.75, 3.05) is 27.2 Å². The van der Waals surface area contributed by atoms with Gasteiger partial charge in [-0.15, -0.1) is 0 Å². The van der Waals surface area contributed by atoms with E-state index in [0.29, 0.717) is 13.0 Å². The van der Waals surface area contributed by atoms with E-state index in [1.54, 1.807) is 0 Å². The fraction of sp³-hybridized carbons (Fsp3) is 0.606. The molecule has 0 aliphatic heterocycles. The first-order valence-electron chi connectivity index (χ1n) is 14.6. The van der Waals surface area contributed by atoms with Gasteiger partial charge in [0.05, 0.1) is 39.3 Å². The van der Waals surface area contributed by atoms with E-state index in [1.165, 1.54) is 56.1 Å². The summed E-state index contributed by atoms with van der Waals surface area (Å²) in [5.74, 6) is 0.670. The van der Waals surface area contributed by atoms with Crippen molar-refractivity contribution >= 4 is 5.97 Å². The Bertz CT molecular complexity index is 863. The number of rotatable bonds is 19. The van der Waals surface area contributed by atoms with Gasteiger partial charge in [-0.1, -0.05) is 94.8 Å². The second-order valence-corrected chi connectivity index (χ2v) is 11.4. The Labute approximate surface area is 227 Å². The van der Waals surface area contributed by atoms with Crippen LogP contribution in [0.3, 0.4) is 0 Å². The Balaban J connectivity index is 1.59. The Kier molecular flexibility index (Phi) is 14.4. The number of esters is 1.